The van der Waals surface area contributed by atoms with Crippen LogP contribution < -0.4 is 0 Å². The molecule has 0 amide bonds. The van der Waals surface area contributed by atoms with Crippen LogP contribution in [0.4, 0.5) is 0 Å². The van der Waals surface area contributed by atoms with Crippen LogP contribution in [0, 0.1) is 0 Å². The van der Waals surface area contributed by atoms with Crippen LogP contribution >= 0.6 is 22.9 Å². The SMILES string of the molecule is Clc1cc(CN2CCCCC2c2nc3ccccc3s2)ccn1. The molecule has 23 heavy (non-hydrogen) atoms. The third-order valence-corrected chi connectivity index (χ3v) is 5.73. The zero-order valence-electron chi connectivity index (χ0n) is 12.8. The summed E-state index contributed by atoms with van der Waals surface area (Å²) in [5, 5.41) is 1.81. The quantitative estimate of drug-likeness (QED) is 0.621. The minimum absolute atomic E-state index is 0.410. The van der Waals surface area contributed by atoms with Crippen molar-refractivity contribution in [1.82, 2.24) is 14.9 Å². The molecule has 118 valence electrons. The summed E-state index contributed by atoms with van der Waals surface area (Å²) in [5.41, 5.74) is 2.34. The molecule has 0 bridgehead atoms. The highest BCUT2D eigenvalue weighted by atomic mass is 35.5. The molecule has 1 unspecified atom stereocenters. The molecular weight excluding hydrogens is 326 g/mol. The van der Waals surface area contributed by atoms with Crippen molar-refractivity contribution in [3.8, 4) is 0 Å². The highest BCUT2D eigenvalue weighted by molar-refractivity contribution is 7.18. The van der Waals surface area contributed by atoms with E-state index in [0.717, 1.165) is 18.6 Å². The topological polar surface area (TPSA) is 29.0 Å². The van der Waals surface area contributed by atoms with E-state index in [0.29, 0.717) is 11.2 Å². The van der Waals surface area contributed by atoms with Crippen LogP contribution in [-0.2, 0) is 6.54 Å². The lowest BCUT2D eigenvalue weighted by Crippen LogP contribution is -2.32. The first kappa shape index (κ1) is 15.1. The molecule has 3 aromatic rings. The summed E-state index contributed by atoms with van der Waals surface area (Å²) in [6.07, 6.45) is 5.49. The predicted molar refractivity (Wildman–Crippen MR) is 95.9 cm³/mol. The Morgan fingerprint density at radius 2 is 2.13 bits per heavy atom. The molecule has 4 rings (SSSR count). The van der Waals surface area contributed by atoms with Crippen molar-refractivity contribution in [3.63, 3.8) is 0 Å². The molecule has 3 heterocycles. The summed E-state index contributed by atoms with van der Waals surface area (Å²) in [7, 11) is 0. The zero-order valence-corrected chi connectivity index (χ0v) is 14.4. The molecule has 0 spiro atoms. The molecule has 1 aliphatic rings. The molecule has 2 aromatic heterocycles. The van der Waals surface area contributed by atoms with Gasteiger partial charge < -0.3 is 0 Å². The molecule has 0 N–H and O–H groups in total. The van der Waals surface area contributed by atoms with E-state index in [1.165, 1.54) is 34.5 Å². The van der Waals surface area contributed by atoms with Gasteiger partial charge in [0.05, 0.1) is 16.3 Å². The van der Waals surface area contributed by atoms with Gasteiger partial charge in [0.15, 0.2) is 0 Å². The van der Waals surface area contributed by atoms with Crippen molar-refractivity contribution in [2.75, 3.05) is 6.54 Å². The van der Waals surface area contributed by atoms with Crippen LogP contribution in [0.25, 0.3) is 10.2 Å². The molecule has 0 radical (unpaired) electrons. The third-order valence-electron chi connectivity index (χ3n) is 4.39. The van der Waals surface area contributed by atoms with Crippen LogP contribution in [-0.4, -0.2) is 21.4 Å². The first-order valence-corrected chi connectivity index (χ1v) is 9.19. The second-order valence-corrected chi connectivity index (χ2v) is 7.44. The Kier molecular flexibility index (Phi) is 4.29. The molecular formula is C18H18ClN3S. The van der Waals surface area contributed by atoms with E-state index in [-0.39, 0.29) is 0 Å². The van der Waals surface area contributed by atoms with Crippen LogP contribution in [0.2, 0.25) is 5.15 Å². The van der Waals surface area contributed by atoms with Gasteiger partial charge in [-0.3, -0.25) is 4.90 Å². The van der Waals surface area contributed by atoms with Crippen molar-refractivity contribution < 1.29 is 0 Å². The van der Waals surface area contributed by atoms with Gasteiger partial charge in [0, 0.05) is 12.7 Å². The van der Waals surface area contributed by atoms with Crippen molar-refractivity contribution >= 4 is 33.2 Å². The number of halogens is 1. The maximum absolute atomic E-state index is 6.03. The van der Waals surface area contributed by atoms with Gasteiger partial charge in [-0.15, -0.1) is 11.3 Å². The zero-order chi connectivity index (χ0) is 15.6. The van der Waals surface area contributed by atoms with Crippen molar-refractivity contribution in [2.24, 2.45) is 0 Å². The van der Waals surface area contributed by atoms with E-state index < -0.39 is 0 Å². The van der Waals surface area contributed by atoms with Crippen LogP contribution in [0.15, 0.2) is 42.6 Å². The summed E-state index contributed by atoms with van der Waals surface area (Å²) in [6, 6.07) is 12.8. The van der Waals surface area contributed by atoms with Crippen molar-refractivity contribution in [3.05, 3.63) is 58.3 Å². The second kappa shape index (κ2) is 6.56. The fraction of sp³-hybridized carbons (Fsp3) is 0.333. The average Bonchev–Trinajstić information content (AvgIpc) is 2.99. The molecule has 0 saturated carbocycles. The Bertz CT molecular complexity index is 784. The maximum atomic E-state index is 6.03. The number of fused-ring (bicyclic) bond motifs is 1. The van der Waals surface area contributed by atoms with Crippen molar-refractivity contribution in [2.45, 2.75) is 31.8 Å². The number of nitrogens with zero attached hydrogens (tertiary/aromatic N) is 3. The summed E-state index contributed by atoms with van der Waals surface area (Å²) in [4.78, 5) is 11.5. The number of aromatic nitrogens is 2. The normalized spacial score (nSPS) is 19.3. The Morgan fingerprint density at radius 1 is 1.22 bits per heavy atom. The maximum Gasteiger partial charge on any atom is 0.129 e. The Labute approximate surface area is 144 Å². The Balaban J connectivity index is 1.62. The number of likely N-dealkylation sites (tertiary alicyclic amines) is 1. The van der Waals surface area contributed by atoms with Gasteiger partial charge in [0.2, 0.25) is 0 Å². The van der Waals surface area contributed by atoms with Gasteiger partial charge in [0.25, 0.3) is 0 Å². The van der Waals surface area contributed by atoms with Gasteiger partial charge in [-0.05, 0) is 49.2 Å². The standard InChI is InChI=1S/C18H18ClN3S/c19-17-11-13(8-9-20-17)12-22-10-4-3-6-15(22)18-21-14-5-1-2-7-16(14)23-18/h1-2,5,7-9,11,15H,3-4,6,10,12H2. The van der Waals surface area contributed by atoms with E-state index in [1.54, 1.807) is 6.20 Å². The number of hydrogen-bond acceptors (Lipinski definition) is 4. The van der Waals surface area contributed by atoms with E-state index in [2.05, 4.69) is 40.2 Å². The van der Waals surface area contributed by atoms with Crippen LogP contribution in [0.5, 0.6) is 0 Å². The number of benzene rings is 1. The molecule has 0 aliphatic carbocycles. The molecule has 1 aliphatic heterocycles. The first-order valence-electron chi connectivity index (χ1n) is 7.99. The van der Waals surface area contributed by atoms with Gasteiger partial charge in [0.1, 0.15) is 10.2 Å². The number of piperidine rings is 1. The molecule has 1 aromatic carbocycles. The van der Waals surface area contributed by atoms with E-state index >= 15 is 0 Å². The summed E-state index contributed by atoms with van der Waals surface area (Å²) >= 11 is 7.86. The lowest BCUT2D eigenvalue weighted by atomic mass is 10.0. The van der Waals surface area contributed by atoms with E-state index in [4.69, 9.17) is 16.6 Å². The molecule has 3 nitrogen and oxygen atoms in total. The predicted octanol–water partition coefficient (Wildman–Crippen LogP) is 5.07. The average molecular weight is 344 g/mol. The van der Waals surface area contributed by atoms with Crippen molar-refractivity contribution in [1.29, 1.82) is 0 Å². The molecule has 1 atom stereocenters. The number of para-hydroxylation sites is 1. The number of rotatable bonds is 3. The number of thiazole rings is 1. The lowest BCUT2D eigenvalue weighted by molar-refractivity contribution is 0.140. The largest absolute Gasteiger partial charge is 0.290 e. The highest BCUT2D eigenvalue weighted by Gasteiger charge is 2.26. The third kappa shape index (κ3) is 3.25. The minimum atomic E-state index is 0.410. The smallest absolute Gasteiger partial charge is 0.129 e. The fourth-order valence-corrected chi connectivity index (χ4v) is 4.60. The fourth-order valence-electron chi connectivity index (χ4n) is 3.27. The van der Waals surface area contributed by atoms with Gasteiger partial charge in [-0.25, -0.2) is 9.97 Å². The van der Waals surface area contributed by atoms with Crippen LogP contribution in [0.3, 0.4) is 0 Å². The highest BCUT2D eigenvalue weighted by Crippen LogP contribution is 2.36. The van der Waals surface area contributed by atoms with E-state index in [1.807, 2.05) is 17.4 Å². The summed E-state index contributed by atoms with van der Waals surface area (Å²) < 4.78 is 1.28. The number of hydrogen-bond donors (Lipinski definition) is 0. The molecule has 1 saturated heterocycles. The van der Waals surface area contributed by atoms with Gasteiger partial charge >= 0.3 is 0 Å². The monoisotopic (exact) mass is 343 g/mol. The van der Waals surface area contributed by atoms with Crippen LogP contribution in [0.1, 0.15) is 35.9 Å². The molecule has 5 heteroatoms. The van der Waals surface area contributed by atoms with Gasteiger partial charge in [-0.1, -0.05) is 30.2 Å². The second-order valence-electron chi connectivity index (χ2n) is 5.99. The molecule has 1 fully saturated rings. The first-order chi connectivity index (χ1) is 11.3. The lowest BCUT2D eigenvalue weighted by Gasteiger charge is -2.34. The minimum Gasteiger partial charge on any atom is -0.290 e. The van der Waals surface area contributed by atoms with E-state index in [9.17, 15) is 0 Å². The Morgan fingerprint density at radius 3 is 3.00 bits per heavy atom. The Hall–Kier alpha value is -1.49. The summed E-state index contributed by atoms with van der Waals surface area (Å²) in [5.74, 6) is 0. The summed E-state index contributed by atoms with van der Waals surface area (Å²) in [6.45, 7) is 2.02. The van der Waals surface area contributed by atoms with Gasteiger partial charge in [-0.2, -0.15) is 0 Å². The number of pyridine rings is 1.